The Kier molecular flexibility index (Phi) is 7.70. The van der Waals surface area contributed by atoms with E-state index in [-0.39, 0.29) is 6.42 Å². The highest BCUT2D eigenvalue weighted by Gasteiger charge is 2.14. The van der Waals surface area contributed by atoms with E-state index in [2.05, 4.69) is 114 Å². The van der Waals surface area contributed by atoms with Crippen LogP contribution in [0.2, 0.25) is 0 Å². The zero-order valence-electron chi connectivity index (χ0n) is 22.4. The highest BCUT2D eigenvalue weighted by molar-refractivity contribution is 7.16. The van der Waals surface area contributed by atoms with Gasteiger partial charge in [-0.2, -0.15) is 4.57 Å². The molecule has 200 valence electrons. The molecule has 6 aromatic rings. The Morgan fingerprint density at radius 1 is 0.707 bits per heavy atom. The zero-order valence-corrected chi connectivity index (χ0v) is 23.2. The zero-order chi connectivity index (χ0) is 28.0. The summed E-state index contributed by atoms with van der Waals surface area (Å²) in [6, 6.07) is 44.1. The molecule has 0 fully saturated rings. The first-order chi connectivity index (χ1) is 20.2. The van der Waals surface area contributed by atoms with E-state index in [1.165, 1.54) is 15.3 Å². The second-order valence-corrected chi connectivity index (χ2v) is 10.8. The maximum absolute atomic E-state index is 11.1. The van der Waals surface area contributed by atoms with E-state index in [4.69, 9.17) is 5.11 Å². The number of anilines is 3. The minimum Gasteiger partial charge on any atom is -0.481 e. The van der Waals surface area contributed by atoms with Crippen LogP contribution in [0.25, 0.3) is 33.5 Å². The maximum atomic E-state index is 11.1. The van der Waals surface area contributed by atoms with Crippen molar-refractivity contribution < 1.29 is 14.5 Å². The summed E-state index contributed by atoms with van der Waals surface area (Å²) >= 11 is 1.76. The van der Waals surface area contributed by atoms with Crippen LogP contribution >= 0.6 is 11.3 Å². The second kappa shape index (κ2) is 12.0. The Bertz CT molecular complexity index is 1770. The van der Waals surface area contributed by atoms with E-state index in [1.54, 1.807) is 11.3 Å². The van der Waals surface area contributed by atoms with Crippen molar-refractivity contribution in [2.24, 2.45) is 0 Å². The highest BCUT2D eigenvalue weighted by atomic mass is 32.1. The Balaban J connectivity index is 1.24. The van der Waals surface area contributed by atoms with Gasteiger partial charge in [-0.15, -0.1) is 11.3 Å². The van der Waals surface area contributed by atoms with Gasteiger partial charge in [-0.3, -0.25) is 4.79 Å². The number of fused-ring (bicyclic) bond motifs is 1. The topological polar surface area (TPSA) is 44.4 Å². The number of nitrogens with zero attached hydrogens (tertiary/aromatic N) is 2. The van der Waals surface area contributed by atoms with Gasteiger partial charge in [0.15, 0.2) is 12.7 Å². The Hall–Kier alpha value is -5.00. The molecule has 4 aromatic carbocycles. The molecule has 0 saturated heterocycles. The lowest BCUT2D eigenvalue weighted by Gasteiger charge is -2.25. The van der Waals surface area contributed by atoms with Crippen LogP contribution in [0, 0.1) is 0 Å². The lowest BCUT2D eigenvalue weighted by molar-refractivity contribution is -0.670. The smallest absolute Gasteiger partial charge is 0.309 e. The van der Waals surface area contributed by atoms with Crippen LogP contribution in [0.15, 0.2) is 134 Å². The van der Waals surface area contributed by atoms with E-state index in [0.717, 1.165) is 33.5 Å². The summed E-state index contributed by atoms with van der Waals surface area (Å²) in [7, 11) is 0. The molecule has 0 radical (unpaired) electrons. The van der Waals surface area contributed by atoms with Gasteiger partial charge in [0.25, 0.3) is 0 Å². The number of carboxylic acids is 1. The molecular formula is C36H29N2O2S+. The first-order valence-electron chi connectivity index (χ1n) is 13.6. The standard InChI is InChI=1S/C36H28N2O2S/c39-36(40)24-26-37-25-23-27(33-13-7-8-14-34(33)37)17-20-32-21-22-35(41-32)28-15-18-31(19-16-28)38(29-9-3-1-4-10-29)30-11-5-2-6-12-30/h1-23,25H,24,26H2/p+1. The number of aromatic nitrogens is 1. The number of aliphatic carboxylic acids is 1. The molecule has 6 rings (SSSR count). The summed E-state index contributed by atoms with van der Waals surface area (Å²) in [6.45, 7) is 0.446. The fourth-order valence-corrected chi connectivity index (χ4v) is 5.93. The van der Waals surface area contributed by atoms with Crippen molar-refractivity contribution in [1.29, 1.82) is 0 Å². The number of carboxylic acid groups (broad SMARTS) is 1. The van der Waals surface area contributed by atoms with Gasteiger partial charge >= 0.3 is 5.97 Å². The summed E-state index contributed by atoms with van der Waals surface area (Å²) in [6.07, 6.45) is 6.36. The molecule has 0 aliphatic heterocycles. The van der Waals surface area contributed by atoms with Crippen LogP contribution < -0.4 is 9.47 Å². The summed E-state index contributed by atoms with van der Waals surface area (Å²) in [5.41, 5.74) is 6.67. The molecule has 1 N–H and O–H groups in total. The van der Waals surface area contributed by atoms with Crippen LogP contribution in [0.3, 0.4) is 0 Å². The fraction of sp³-hybridized carbons (Fsp3) is 0.0556. The van der Waals surface area contributed by atoms with Crippen LogP contribution in [0.4, 0.5) is 17.1 Å². The molecule has 5 heteroatoms. The predicted octanol–water partition coefficient (Wildman–Crippen LogP) is 8.97. The first-order valence-corrected chi connectivity index (χ1v) is 14.4. The van der Waals surface area contributed by atoms with Crippen molar-refractivity contribution in [3.8, 4) is 10.4 Å². The minimum atomic E-state index is -0.793. The number of rotatable bonds is 9. The Morgan fingerprint density at radius 2 is 1.34 bits per heavy atom. The minimum absolute atomic E-state index is 0.0966. The third-order valence-electron chi connectivity index (χ3n) is 7.02. The van der Waals surface area contributed by atoms with Crippen LogP contribution in [0.1, 0.15) is 16.9 Å². The van der Waals surface area contributed by atoms with E-state index < -0.39 is 5.97 Å². The lowest BCUT2D eigenvalue weighted by atomic mass is 10.1. The van der Waals surface area contributed by atoms with Gasteiger partial charge < -0.3 is 10.0 Å². The lowest BCUT2D eigenvalue weighted by Crippen LogP contribution is -2.35. The summed E-state index contributed by atoms with van der Waals surface area (Å²) < 4.78 is 2.00. The Morgan fingerprint density at radius 3 is 2.02 bits per heavy atom. The van der Waals surface area contributed by atoms with Crippen LogP contribution in [-0.2, 0) is 11.3 Å². The number of hydrogen-bond acceptors (Lipinski definition) is 3. The van der Waals surface area contributed by atoms with E-state index in [0.29, 0.717) is 6.54 Å². The van der Waals surface area contributed by atoms with E-state index in [9.17, 15) is 4.79 Å². The molecule has 4 nitrogen and oxygen atoms in total. The third-order valence-corrected chi connectivity index (χ3v) is 8.12. The molecule has 0 aliphatic rings. The average molecular weight is 554 g/mol. The molecule has 41 heavy (non-hydrogen) atoms. The summed E-state index contributed by atoms with van der Waals surface area (Å²) in [5, 5.41) is 10.2. The number of pyridine rings is 1. The number of thiophene rings is 1. The molecule has 0 bridgehead atoms. The summed E-state index contributed by atoms with van der Waals surface area (Å²) in [4.78, 5) is 15.7. The number of carbonyl (C=O) groups is 1. The quantitative estimate of drug-likeness (QED) is 0.182. The van der Waals surface area contributed by atoms with Crippen molar-refractivity contribution in [3.63, 3.8) is 0 Å². The number of para-hydroxylation sites is 3. The molecule has 2 aromatic heterocycles. The van der Waals surface area contributed by atoms with Crippen LogP contribution in [-0.4, -0.2) is 11.1 Å². The van der Waals surface area contributed by atoms with Gasteiger partial charge in [0.2, 0.25) is 5.52 Å². The monoisotopic (exact) mass is 553 g/mol. The van der Waals surface area contributed by atoms with Crippen molar-refractivity contribution in [2.45, 2.75) is 13.0 Å². The number of benzene rings is 4. The van der Waals surface area contributed by atoms with Crippen LogP contribution in [0.5, 0.6) is 0 Å². The van der Waals surface area contributed by atoms with E-state index in [1.807, 2.05) is 41.1 Å². The number of hydrogen-bond donors (Lipinski definition) is 1. The van der Waals surface area contributed by atoms with Gasteiger partial charge in [-0.1, -0.05) is 66.7 Å². The molecule has 2 heterocycles. The SMILES string of the molecule is O=C(O)CC[n+]1ccc(/C=C/c2ccc(-c3ccc(N(c4ccccc4)c4ccccc4)cc3)s2)c2ccccc21. The first kappa shape index (κ1) is 26.2. The maximum Gasteiger partial charge on any atom is 0.309 e. The van der Waals surface area contributed by atoms with Gasteiger partial charge in [-0.25, -0.2) is 0 Å². The molecule has 0 saturated carbocycles. The van der Waals surface area contributed by atoms with Gasteiger partial charge in [0.05, 0.1) is 5.39 Å². The van der Waals surface area contributed by atoms with Crippen molar-refractivity contribution in [3.05, 3.63) is 144 Å². The third kappa shape index (κ3) is 5.96. The van der Waals surface area contributed by atoms with Crippen molar-refractivity contribution in [2.75, 3.05) is 4.90 Å². The van der Waals surface area contributed by atoms with Crippen molar-refractivity contribution in [1.82, 2.24) is 0 Å². The summed E-state index contributed by atoms with van der Waals surface area (Å²) in [5.74, 6) is -0.793. The number of aryl methyl sites for hydroxylation is 1. The molecular weight excluding hydrogens is 524 g/mol. The molecule has 0 amide bonds. The largest absolute Gasteiger partial charge is 0.481 e. The highest BCUT2D eigenvalue weighted by Crippen LogP contribution is 2.36. The predicted molar refractivity (Wildman–Crippen MR) is 170 cm³/mol. The van der Waals surface area contributed by atoms with E-state index >= 15 is 0 Å². The fourth-order valence-electron chi connectivity index (χ4n) is 5.01. The molecule has 0 spiro atoms. The van der Waals surface area contributed by atoms with Gasteiger partial charge in [0, 0.05) is 38.9 Å². The molecule has 0 aliphatic carbocycles. The van der Waals surface area contributed by atoms with Gasteiger partial charge in [0.1, 0.15) is 6.42 Å². The normalized spacial score (nSPS) is 11.2. The molecule has 0 atom stereocenters. The Labute approximate surface area is 243 Å². The second-order valence-electron chi connectivity index (χ2n) is 9.71. The van der Waals surface area contributed by atoms with Crippen molar-refractivity contribution >= 4 is 57.4 Å². The van der Waals surface area contributed by atoms with Gasteiger partial charge in [-0.05, 0) is 71.8 Å². The molecule has 0 unspecified atom stereocenters. The average Bonchev–Trinajstić information content (AvgIpc) is 3.50.